The van der Waals surface area contributed by atoms with Gasteiger partial charge in [0.05, 0.1) is 27.3 Å². The summed E-state index contributed by atoms with van der Waals surface area (Å²) in [6.45, 7) is 4.94. The molecule has 0 unspecified atom stereocenters. The summed E-state index contributed by atoms with van der Waals surface area (Å²) in [5, 5.41) is 10.7. The van der Waals surface area contributed by atoms with E-state index in [1.807, 2.05) is 42.1 Å². The molecule has 1 aromatic carbocycles. The van der Waals surface area contributed by atoms with Crippen LogP contribution in [-0.4, -0.2) is 43.0 Å². The Bertz CT molecular complexity index is 640. The number of methoxy groups -OCH3 is 2. The van der Waals surface area contributed by atoms with Gasteiger partial charge in [-0.15, -0.1) is 0 Å². The van der Waals surface area contributed by atoms with Gasteiger partial charge in [0.2, 0.25) is 0 Å². The molecule has 0 radical (unpaired) electrons. The summed E-state index contributed by atoms with van der Waals surface area (Å²) in [6, 6.07) is 7.73. The summed E-state index contributed by atoms with van der Waals surface area (Å²) < 4.78 is 12.5. The Balaban J connectivity index is 1.94. The van der Waals surface area contributed by atoms with Crippen molar-refractivity contribution in [1.29, 1.82) is 0 Å². The van der Waals surface area contributed by atoms with Crippen LogP contribution in [-0.2, 0) is 13.1 Å². The standard InChI is InChI=1S/C17H25N5O2/c1-4-18-17(19-9-11-22-10-5-8-21-22)20-13-14-6-7-15(23-2)16(12-14)24-3/h5-8,10,12H,4,9,11,13H2,1-3H3,(H2,18,19,20). The predicted molar refractivity (Wildman–Crippen MR) is 94.6 cm³/mol. The van der Waals surface area contributed by atoms with Gasteiger partial charge in [0.25, 0.3) is 0 Å². The largest absolute Gasteiger partial charge is 0.493 e. The van der Waals surface area contributed by atoms with E-state index in [4.69, 9.17) is 9.47 Å². The minimum absolute atomic E-state index is 0.553. The summed E-state index contributed by atoms with van der Waals surface area (Å²) >= 11 is 0. The SMILES string of the molecule is CCNC(=NCc1ccc(OC)c(OC)c1)NCCn1cccn1. The lowest BCUT2D eigenvalue weighted by Gasteiger charge is -2.12. The Morgan fingerprint density at radius 2 is 2.04 bits per heavy atom. The normalized spacial score (nSPS) is 11.2. The van der Waals surface area contributed by atoms with Gasteiger partial charge < -0.3 is 20.1 Å². The number of hydrogen-bond acceptors (Lipinski definition) is 4. The lowest BCUT2D eigenvalue weighted by Crippen LogP contribution is -2.38. The van der Waals surface area contributed by atoms with Gasteiger partial charge in [-0.1, -0.05) is 6.07 Å². The first-order chi connectivity index (χ1) is 11.8. The van der Waals surface area contributed by atoms with E-state index in [0.717, 1.165) is 36.9 Å². The van der Waals surface area contributed by atoms with Crippen molar-refractivity contribution >= 4 is 5.96 Å². The third kappa shape index (κ3) is 5.19. The molecule has 0 fully saturated rings. The van der Waals surface area contributed by atoms with Crippen LogP contribution in [0.2, 0.25) is 0 Å². The van der Waals surface area contributed by atoms with Crippen LogP contribution in [0.5, 0.6) is 11.5 Å². The monoisotopic (exact) mass is 331 g/mol. The molecule has 7 heteroatoms. The van der Waals surface area contributed by atoms with Crippen molar-refractivity contribution in [3.8, 4) is 11.5 Å². The summed E-state index contributed by atoms with van der Waals surface area (Å²) in [5.74, 6) is 2.20. The van der Waals surface area contributed by atoms with E-state index in [0.29, 0.717) is 12.3 Å². The number of aromatic nitrogens is 2. The maximum atomic E-state index is 5.32. The molecule has 0 saturated heterocycles. The number of aliphatic imine (C=N–C) groups is 1. The number of nitrogens with zero attached hydrogens (tertiary/aromatic N) is 3. The molecule has 0 spiro atoms. The Kier molecular flexibility index (Phi) is 6.94. The van der Waals surface area contributed by atoms with Gasteiger partial charge >= 0.3 is 0 Å². The number of ether oxygens (including phenoxy) is 2. The zero-order valence-corrected chi connectivity index (χ0v) is 14.5. The van der Waals surface area contributed by atoms with Crippen LogP contribution >= 0.6 is 0 Å². The quantitative estimate of drug-likeness (QED) is 0.568. The number of hydrogen-bond donors (Lipinski definition) is 2. The number of rotatable bonds is 8. The molecule has 1 aromatic heterocycles. The van der Waals surface area contributed by atoms with Crippen LogP contribution in [0, 0.1) is 0 Å². The molecule has 0 amide bonds. The average molecular weight is 331 g/mol. The Morgan fingerprint density at radius 3 is 2.71 bits per heavy atom. The fraction of sp³-hybridized carbons (Fsp3) is 0.412. The van der Waals surface area contributed by atoms with Gasteiger partial charge in [0, 0.05) is 25.5 Å². The van der Waals surface area contributed by atoms with Crippen LogP contribution in [0.1, 0.15) is 12.5 Å². The van der Waals surface area contributed by atoms with E-state index in [-0.39, 0.29) is 0 Å². The predicted octanol–water partition coefficient (Wildman–Crippen LogP) is 1.66. The maximum absolute atomic E-state index is 5.32. The van der Waals surface area contributed by atoms with Crippen molar-refractivity contribution in [3.05, 3.63) is 42.2 Å². The van der Waals surface area contributed by atoms with E-state index in [9.17, 15) is 0 Å². The van der Waals surface area contributed by atoms with Crippen LogP contribution in [0.3, 0.4) is 0 Å². The molecule has 0 aliphatic rings. The van der Waals surface area contributed by atoms with Gasteiger partial charge in [-0.05, 0) is 30.7 Å². The third-order valence-corrected chi connectivity index (χ3v) is 3.40. The first-order valence-corrected chi connectivity index (χ1v) is 7.97. The summed E-state index contributed by atoms with van der Waals surface area (Å²) in [4.78, 5) is 4.60. The van der Waals surface area contributed by atoms with Crippen molar-refractivity contribution < 1.29 is 9.47 Å². The van der Waals surface area contributed by atoms with Gasteiger partial charge in [-0.3, -0.25) is 4.68 Å². The molecule has 2 aromatic rings. The molecule has 2 N–H and O–H groups in total. The highest BCUT2D eigenvalue weighted by atomic mass is 16.5. The zero-order valence-electron chi connectivity index (χ0n) is 14.5. The molecule has 0 aliphatic carbocycles. The van der Waals surface area contributed by atoms with Gasteiger partial charge in [0.15, 0.2) is 17.5 Å². The van der Waals surface area contributed by atoms with E-state index in [1.165, 1.54) is 0 Å². The van der Waals surface area contributed by atoms with Crippen LogP contribution in [0.4, 0.5) is 0 Å². The fourth-order valence-corrected chi connectivity index (χ4v) is 2.21. The van der Waals surface area contributed by atoms with Crippen molar-refractivity contribution in [1.82, 2.24) is 20.4 Å². The minimum Gasteiger partial charge on any atom is -0.493 e. The molecule has 1 heterocycles. The lowest BCUT2D eigenvalue weighted by atomic mass is 10.2. The number of benzene rings is 1. The van der Waals surface area contributed by atoms with Crippen LogP contribution < -0.4 is 20.1 Å². The second-order valence-corrected chi connectivity index (χ2v) is 5.08. The highest BCUT2D eigenvalue weighted by molar-refractivity contribution is 5.79. The molecule has 7 nitrogen and oxygen atoms in total. The zero-order chi connectivity index (χ0) is 17.2. The Labute approximate surface area is 142 Å². The highest BCUT2D eigenvalue weighted by Gasteiger charge is 2.04. The summed E-state index contributed by atoms with van der Waals surface area (Å²) in [7, 11) is 3.26. The molecule has 2 rings (SSSR count). The summed E-state index contributed by atoms with van der Waals surface area (Å²) in [6.07, 6.45) is 3.71. The first kappa shape index (κ1) is 17.7. The van der Waals surface area contributed by atoms with Crippen LogP contribution in [0.15, 0.2) is 41.7 Å². The summed E-state index contributed by atoms with van der Waals surface area (Å²) in [5.41, 5.74) is 1.05. The molecule has 0 bridgehead atoms. The first-order valence-electron chi connectivity index (χ1n) is 7.97. The van der Waals surface area contributed by atoms with E-state index >= 15 is 0 Å². The molecule has 130 valence electrons. The van der Waals surface area contributed by atoms with E-state index in [1.54, 1.807) is 20.4 Å². The van der Waals surface area contributed by atoms with Crippen LogP contribution in [0.25, 0.3) is 0 Å². The maximum Gasteiger partial charge on any atom is 0.191 e. The minimum atomic E-state index is 0.553. The number of nitrogens with one attached hydrogen (secondary N) is 2. The van der Waals surface area contributed by atoms with Gasteiger partial charge in [-0.25, -0.2) is 4.99 Å². The van der Waals surface area contributed by atoms with Crippen molar-refractivity contribution in [3.63, 3.8) is 0 Å². The molecule has 0 aliphatic heterocycles. The molecular weight excluding hydrogens is 306 g/mol. The molecular formula is C17H25N5O2. The topological polar surface area (TPSA) is 72.7 Å². The highest BCUT2D eigenvalue weighted by Crippen LogP contribution is 2.27. The number of guanidine groups is 1. The van der Waals surface area contributed by atoms with Gasteiger partial charge in [0.1, 0.15) is 0 Å². The molecule has 24 heavy (non-hydrogen) atoms. The van der Waals surface area contributed by atoms with E-state index in [2.05, 4.69) is 20.7 Å². The third-order valence-electron chi connectivity index (χ3n) is 3.40. The average Bonchev–Trinajstić information content (AvgIpc) is 3.12. The Hall–Kier alpha value is -2.70. The lowest BCUT2D eigenvalue weighted by molar-refractivity contribution is 0.354. The van der Waals surface area contributed by atoms with Gasteiger partial charge in [-0.2, -0.15) is 5.10 Å². The second kappa shape index (κ2) is 9.44. The van der Waals surface area contributed by atoms with Crippen molar-refractivity contribution in [2.24, 2.45) is 4.99 Å². The smallest absolute Gasteiger partial charge is 0.191 e. The van der Waals surface area contributed by atoms with Crippen molar-refractivity contribution in [2.45, 2.75) is 20.0 Å². The Morgan fingerprint density at radius 1 is 1.21 bits per heavy atom. The fourth-order valence-electron chi connectivity index (χ4n) is 2.21. The second-order valence-electron chi connectivity index (χ2n) is 5.08. The molecule has 0 atom stereocenters. The molecule has 0 saturated carbocycles. The van der Waals surface area contributed by atoms with E-state index < -0.39 is 0 Å². The van der Waals surface area contributed by atoms with Crippen molar-refractivity contribution in [2.75, 3.05) is 27.3 Å².